The molecule has 0 spiro atoms. The first-order chi connectivity index (χ1) is 7.20. The fraction of sp³-hybridized carbons (Fsp3) is 0.250. The Morgan fingerprint density at radius 2 is 2.60 bits per heavy atom. The number of carbonyl (C=O) groups excluding carboxylic acids is 1. The molecule has 1 aromatic rings. The fourth-order valence-corrected chi connectivity index (χ4v) is 3.59. The van der Waals surface area contributed by atoms with Gasteiger partial charge in [-0.3, -0.25) is 4.79 Å². The number of allylic oxidation sites excluding steroid dienone is 1. The van der Waals surface area contributed by atoms with Crippen molar-refractivity contribution < 1.29 is 4.79 Å². The first-order valence-corrected chi connectivity index (χ1v) is 6.26. The number of thioether (sulfide) groups is 2. The van der Waals surface area contributed by atoms with Crippen molar-refractivity contribution in [1.29, 1.82) is 0 Å². The van der Waals surface area contributed by atoms with Crippen LogP contribution in [0.25, 0.3) is 0 Å². The quantitative estimate of drug-likeness (QED) is 0.663. The zero-order chi connectivity index (χ0) is 10.8. The zero-order valence-corrected chi connectivity index (χ0v) is 10.2. The van der Waals surface area contributed by atoms with Crippen molar-refractivity contribution in [3.63, 3.8) is 0 Å². The Morgan fingerprint density at radius 3 is 3.13 bits per heavy atom. The van der Waals surface area contributed by atoms with Gasteiger partial charge in [0.05, 0.1) is 4.91 Å². The van der Waals surface area contributed by atoms with Gasteiger partial charge in [-0.15, -0.1) is 0 Å². The van der Waals surface area contributed by atoms with E-state index in [0.717, 1.165) is 11.4 Å². The minimum absolute atomic E-state index is 0.0128. The summed E-state index contributed by atoms with van der Waals surface area (Å²) >= 11 is 8.76. The second kappa shape index (κ2) is 4.51. The van der Waals surface area contributed by atoms with Gasteiger partial charge in [-0.05, 0) is 0 Å². The molecule has 0 aliphatic carbocycles. The Balaban J connectivity index is 2.01. The summed E-state index contributed by atoms with van der Waals surface area (Å²) in [6, 6.07) is 0. The van der Waals surface area contributed by atoms with E-state index in [1.165, 1.54) is 23.5 Å². The summed E-state index contributed by atoms with van der Waals surface area (Å²) in [6.45, 7) is 0. The van der Waals surface area contributed by atoms with Crippen molar-refractivity contribution in [2.45, 2.75) is 9.86 Å². The van der Waals surface area contributed by atoms with Gasteiger partial charge in [0.25, 0.3) is 0 Å². The Morgan fingerprint density at radius 1 is 1.80 bits per heavy atom. The van der Waals surface area contributed by atoms with Crippen molar-refractivity contribution in [1.82, 2.24) is 14.9 Å². The number of nitrogens with zero attached hydrogens (tertiary/aromatic N) is 2. The summed E-state index contributed by atoms with van der Waals surface area (Å²) < 4.78 is 1.93. The van der Waals surface area contributed by atoms with Gasteiger partial charge in [-0.25, -0.2) is 4.98 Å². The van der Waals surface area contributed by atoms with Gasteiger partial charge in [-0.1, -0.05) is 35.1 Å². The Labute approximate surface area is 100 Å². The summed E-state index contributed by atoms with van der Waals surface area (Å²) in [7, 11) is 1.92. The number of aromatic nitrogens is 2. The number of hydrogen-bond donors (Lipinski definition) is 1. The smallest absolute Gasteiger partial charge is 0.170 e. The molecule has 1 unspecified atom stereocenters. The fourth-order valence-electron chi connectivity index (χ4n) is 1.07. The van der Waals surface area contributed by atoms with E-state index in [9.17, 15) is 4.79 Å². The van der Waals surface area contributed by atoms with Gasteiger partial charge in [0.1, 0.15) is 9.86 Å². The van der Waals surface area contributed by atoms with Crippen LogP contribution >= 0.6 is 35.1 Å². The summed E-state index contributed by atoms with van der Waals surface area (Å²) in [5.41, 5.74) is 0. The molecule has 1 aliphatic heterocycles. The molecule has 80 valence electrons. The molecule has 0 bridgehead atoms. The number of imidazole rings is 1. The van der Waals surface area contributed by atoms with E-state index < -0.39 is 0 Å². The normalized spacial score (nSPS) is 20.5. The molecule has 1 aromatic heterocycles. The second-order valence-corrected chi connectivity index (χ2v) is 5.72. The largest absolute Gasteiger partial charge is 0.354 e. The molecule has 0 saturated carbocycles. The maximum atomic E-state index is 10.6. The predicted octanol–water partition coefficient (Wildman–Crippen LogP) is 1.74. The highest BCUT2D eigenvalue weighted by atomic mass is 35.5. The minimum Gasteiger partial charge on any atom is -0.354 e. The summed E-state index contributed by atoms with van der Waals surface area (Å²) in [5, 5.41) is 4.31. The molecule has 0 saturated heterocycles. The van der Waals surface area contributed by atoms with Crippen LogP contribution in [0.1, 0.15) is 0 Å². The molecule has 1 aliphatic rings. The van der Waals surface area contributed by atoms with Crippen molar-refractivity contribution >= 4 is 41.4 Å². The van der Waals surface area contributed by atoms with E-state index in [2.05, 4.69) is 10.3 Å². The van der Waals surface area contributed by atoms with E-state index in [1.807, 2.05) is 17.8 Å². The minimum atomic E-state index is 0.0128. The molecule has 1 N–H and O–H groups in total. The van der Waals surface area contributed by atoms with Crippen molar-refractivity contribution in [2.75, 3.05) is 0 Å². The van der Waals surface area contributed by atoms with Gasteiger partial charge in [0, 0.05) is 19.4 Å². The van der Waals surface area contributed by atoms with Crippen LogP contribution in [0.2, 0.25) is 0 Å². The lowest BCUT2D eigenvalue weighted by molar-refractivity contribution is -0.104. The maximum Gasteiger partial charge on any atom is 0.170 e. The van der Waals surface area contributed by atoms with Crippen molar-refractivity contribution in [2.24, 2.45) is 7.05 Å². The molecule has 2 heterocycles. The predicted molar refractivity (Wildman–Crippen MR) is 62.5 cm³/mol. The average Bonchev–Trinajstić information content (AvgIpc) is 2.75. The Bertz CT molecular complexity index is 418. The maximum absolute atomic E-state index is 10.6. The number of halogens is 1. The number of aldehydes is 1. The van der Waals surface area contributed by atoms with Gasteiger partial charge >= 0.3 is 0 Å². The summed E-state index contributed by atoms with van der Waals surface area (Å²) in [5.74, 6) is 0. The SMILES string of the molecule is Cn1ccnc1SC1NC(Cl)=C(C=O)S1. The van der Waals surface area contributed by atoms with Crippen LogP contribution in [-0.2, 0) is 11.8 Å². The lowest BCUT2D eigenvalue weighted by Gasteiger charge is -2.09. The van der Waals surface area contributed by atoms with Crippen LogP contribution in [0.5, 0.6) is 0 Å². The third kappa shape index (κ3) is 2.32. The van der Waals surface area contributed by atoms with Crippen molar-refractivity contribution in [3.8, 4) is 0 Å². The van der Waals surface area contributed by atoms with E-state index in [1.54, 1.807) is 6.20 Å². The molecule has 4 nitrogen and oxygen atoms in total. The topological polar surface area (TPSA) is 46.9 Å². The molecule has 2 rings (SSSR count). The highest BCUT2D eigenvalue weighted by Gasteiger charge is 2.24. The molecular weight excluding hydrogens is 254 g/mol. The highest BCUT2D eigenvalue weighted by molar-refractivity contribution is 8.19. The lowest BCUT2D eigenvalue weighted by atomic mass is 10.7. The van der Waals surface area contributed by atoms with E-state index in [4.69, 9.17) is 11.6 Å². The summed E-state index contributed by atoms with van der Waals surface area (Å²) in [6.07, 6.45) is 4.37. The number of rotatable bonds is 3. The number of hydrogen-bond acceptors (Lipinski definition) is 5. The van der Waals surface area contributed by atoms with Crippen LogP contribution in [0.3, 0.4) is 0 Å². The van der Waals surface area contributed by atoms with Gasteiger partial charge < -0.3 is 9.88 Å². The zero-order valence-electron chi connectivity index (χ0n) is 7.81. The Hall–Kier alpha value is -0.590. The number of nitrogens with one attached hydrogen (secondary N) is 1. The Kier molecular flexibility index (Phi) is 3.28. The first-order valence-electron chi connectivity index (χ1n) is 4.13. The van der Waals surface area contributed by atoms with Crippen LogP contribution in [-0.4, -0.2) is 20.5 Å². The van der Waals surface area contributed by atoms with Gasteiger partial charge in [0.2, 0.25) is 0 Å². The van der Waals surface area contributed by atoms with E-state index >= 15 is 0 Å². The monoisotopic (exact) mass is 261 g/mol. The van der Waals surface area contributed by atoms with Crippen molar-refractivity contribution in [3.05, 3.63) is 22.5 Å². The molecule has 0 aromatic carbocycles. The molecule has 0 radical (unpaired) electrons. The second-order valence-electron chi connectivity index (χ2n) is 2.83. The lowest BCUT2D eigenvalue weighted by Crippen LogP contribution is -2.14. The molecule has 7 heteroatoms. The summed E-state index contributed by atoms with van der Waals surface area (Å²) in [4.78, 5) is 15.3. The van der Waals surface area contributed by atoms with E-state index in [-0.39, 0.29) is 4.71 Å². The third-order valence-corrected chi connectivity index (χ3v) is 4.62. The third-order valence-electron chi connectivity index (χ3n) is 1.79. The van der Waals surface area contributed by atoms with Gasteiger partial charge in [0.15, 0.2) is 11.4 Å². The van der Waals surface area contributed by atoms with Crippen LogP contribution in [0.4, 0.5) is 0 Å². The molecule has 1 atom stereocenters. The molecular formula is C8H8ClN3OS2. The molecule has 15 heavy (non-hydrogen) atoms. The molecule has 0 amide bonds. The average molecular weight is 262 g/mol. The van der Waals surface area contributed by atoms with Gasteiger partial charge in [-0.2, -0.15) is 0 Å². The standard InChI is InChI=1S/C8H8ClN3OS2/c1-12-3-2-10-7(12)15-8-11-6(9)5(4-13)14-8/h2-4,8,11H,1H3. The molecule has 0 fully saturated rings. The van der Waals surface area contributed by atoms with Crippen LogP contribution in [0.15, 0.2) is 27.6 Å². The van der Waals surface area contributed by atoms with Crippen LogP contribution in [0, 0.1) is 0 Å². The highest BCUT2D eigenvalue weighted by Crippen LogP contribution is 2.38. The van der Waals surface area contributed by atoms with E-state index in [0.29, 0.717) is 10.1 Å². The number of aryl methyl sites for hydroxylation is 1. The van der Waals surface area contributed by atoms with Crippen LogP contribution < -0.4 is 5.32 Å². The number of carbonyl (C=O) groups is 1. The first kappa shape index (κ1) is 10.9.